The van der Waals surface area contributed by atoms with E-state index >= 15 is 0 Å². The van der Waals surface area contributed by atoms with E-state index in [9.17, 15) is 10.3 Å². The zero-order valence-corrected chi connectivity index (χ0v) is 18.3. The van der Waals surface area contributed by atoms with Gasteiger partial charge in [0.05, 0.1) is 5.02 Å². The first-order valence-electron chi connectivity index (χ1n) is 11.0. The van der Waals surface area contributed by atoms with E-state index in [1.807, 2.05) is 24.3 Å². The molecule has 0 saturated carbocycles. The third-order valence-electron chi connectivity index (χ3n) is 5.36. The average Bonchev–Trinajstić information content (AvgIpc) is 2.73. The Hall–Kier alpha value is -2.00. The summed E-state index contributed by atoms with van der Waals surface area (Å²) in [4.78, 5) is 0. The van der Waals surface area contributed by atoms with Crippen LogP contribution in [0.1, 0.15) is 87.8 Å². The molecule has 0 aromatic heterocycles. The molecule has 0 aliphatic carbocycles. The zero-order valence-electron chi connectivity index (χ0n) is 17.5. The van der Waals surface area contributed by atoms with E-state index in [0.29, 0.717) is 16.1 Å². The molecular formula is C25H34ClNO2. The molecule has 0 amide bonds. The summed E-state index contributed by atoms with van der Waals surface area (Å²) in [5.74, 6) is 0.0875. The minimum atomic E-state index is 0.0875. The van der Waals surface area contributed by atoms with Gasteiger partial charge in [-0.3, -0.25) is 0 Å². The lowest BCUT2D eigenvalue weighted by Crippen LogP contribution is -2.05. The van der Waals surface area contributed by atoms with Gasteiger partial charge in [-0.25, -0.2) is 0 Å². The lowest BCUT2D eigenvalue weighted by molar-refractivity contribution is 0.319. The number of aromatic hydroxyl groups is 1. The van der Waals surface area contributed by atoms with Crippen LogP contribution in [0, 0.1) is 0 Å². The Morgan fingerprint density at radius 2 is 1.45 bits per heavy atom. The molecule has 4 heteroatoms. The number of oxime groups is 1. The number of benzene rings is 2. The van der Waals surface area contributed by atoms with Gasteiger partial charge in [-0.1, -0.05) is 106 Å². The SMILES string of the molecule is CCCCCCCCCCCCc1ccc(O)c(/C(=N\O)c2ccccc2Cl)c1. The number of aryl methyl sites for hydroxylation is 1. The fourth-order valence-corrected chi connectivity index (χ4v) is 3.88. The van der Waals surface area contributed by atoms with Crippen molar-refractivity contribution >= 4 is 17.3 Å². The monoisotopic (exact) mass is 415 g/mol. The number of rotatable bonds is 13. The third-order valence-corrected chi connectivity index (χ3v) is 5.69. The van der Waals surface area contributed by atoms with Crippen LogP contribution < -0.4 is 0 Å². The van der Waals surface area contributed by atoms with Crippen molar-refractivity contribution in [2.24, 2.45) is 5.16 Å². The second-order valence-electron chi connectivity index (χ2n) is 7.71. The molecule has 0 fully saturated rings. The van der Waals surface area contributed by atoms with Gasteiger partial charge < -0.3 is 10.3 Å². The van der Waals surface area contributed by atoms with Crippen molar-refractivity contribution in [1.29, 1.82) is 0 Å². The topological polar surface area (TPSA) is 52.8 Å². The van der Waals surface area contributed by atoms with Gasteiger partial charge in [0, 0.05) is 11.1 Å². The largest absolute Gasteiger partial charge is 0.507 e. The van der Waals surface area contributed by atoms with Crippen LogP contribution in [0.4, 0.5) is 0 Å². The highest BCUT2D eigenvalue weighted by molar-refractivity contribution is 6.35. The van der Waals surface area contributed by atoms with Crippen LogP contribution in [0.2, 0.25) is 5.02 Å². The molecule has 0 spiro atoms. The second kappa shape index (κ2) is 13.3. The van der Waals surface area contributed by atoms with Crippen LogP contribution in [0.25, 0.3) is 0 Å². The minimum absolute atomic E-state index is 0.0875. The average molecular weight is 416 g/mol. The van der Waals surface area contributed by atoms with Gasteiger partial charge >= 0.3 is 0 Å². The lowest BCUT2D eigenvalue weighted by Gasteiger charge is -2.11. The van der Waals surface area contributed by atoms with Gasteiger partial charge in [0.25, 0.3) is 0 Å². The first kappa shape index (κ1) is 23.3. The van der Waals surface area contributed by atoms with Gasteiger partial charge in [-0.05, 0) is 36.6 Å². The smallest absolute Gasteiger partial charge is 0.125 e. The molecule has 2 aromatic carbocycles. The fraction of sp³-hybridized carbons (Fsp3) is 0.480. The van der Waals surface area contributed by atoms with Gasteiger partial charge in [0.1, 0.15) is 11.5 Å². The normalized spacial score (nSPS) is 11.7. The van der Waals surface area contributed by atoms with Crippen molar-refractivity contribution in [2.75, 3.05) is 0 Å². The predicted octanol–water partition coefficient (Wildman–Crippen LogP) is 7.74. The summed E-state index contributed by atoms with van der Waals surface area (Å²) >= 11 is 6.25. The molecule has 2 N–H and O–H groups in total. The summed E-state index contributed by atoms with van der Waals surface area (Å²) in [5, 5.41) is 23.8. The standard InChI is InChI=1S/C25H34ClNO2/c1-2-3-4-5-6-7-8-9-10-11-14-20-17-18-24(28)22(19-20)25(27-29)21-15-12-13-16-23(21)26/h12-13,15-19,28-29H,2-11,14H2,1H3/b27-25-. The maximum absolute atomic E-state index is 10.3. The fourth-order valence-electron chi connectivity index (χ4n) is 3.65. The summed E-state index contributed by atoms with van der Waals surface area (Å²) in [6, 6.07) is 12.7. The number of halogens is 1. The molecule has 0 unspecified atom stereocenters. The quantitative estimate of drug-likeness (QED) is 0.152. The van der Waals surface area contributed by atoms with E-state index in [0.717, 1.165) is 18.4 Å². The molecule has 0 radical (unpaired) electrons. The summed E-state index contributed by atoms with van der Waals surface area (Å²) in [6.07, 6.45) is 14.0. The molecular weight excluding hydrogens is 382 g/mol. The van der Waals surface area contributed by atoms with E-state index in [1.165, 1.54) is 57.8 Å². The number of phenols is 1. The highest BCUT2D eigenvalue weighted by Crippen LogP contribution is 2.27. The van der Waals surface area contributed by atoms with Crippen LogP contribution >= 0.6 is 11.6 Å². The number of hydrogen-bond donors (Lipinski definition) is 2. The molecule has 2 aromatic rings. The lowest BCUT2D eigenvalue weighted by atomic mass is 9.97. The van der Waals surface area contributed by atoms with Crippen LogP contribution in [-0.2, 0) is 6.42 Å². The third kappa shape index (κ3) is 7.74. The van der Waals surface area contributed by atoms with E-state index in [2.05, 4.69) is 12.1 Å². The summed E-state index contributed by atoms with van der Waals surface area (Å²) in [5.41, 5.74) is 2.52. The first-order chi connectivity index (χ1) is 14.2. The molecule has 3 nitrogen and oxygen atoms in total. The predicted molar refractivity (Wildman–Crippen MR) is 123 cm³/mol. The summed E-state index contributed by atoms with van der Waals surface area (Å²) < 4.78 is 0. The Morgan fingerprint density at radius 1 is 0.828 bits per heavy atom. The van der Waals surface area contributed by atoms with Crippen molar-refractivity contribution in [3.8, 4) is 5.75 Å². The van der Waals surface area contributed by atoms with Crippen molar-refractivity contribution in [3.63, 3.8) is 0 Å². The van der Waals surface area contributed by atoms with Gasteiger partial charge in [-0.15, -0.1) is 0 Å². The Balaban J connectivity index is 1.84. The number of phenolic OH excluding ortho intramolecular Hbond substituents is 1. The van der Waals surface area contributed by atoms with E-state index in [-0.39, 0.29) is 11.5 Å². The van der Waals surface area contributed by atoms with Crippen LogP contribution in [0.3, 0.4) is 0 Å². The minimum Gasteiger partial charge on any atom is -0.507 e. The zero-order chi connectivity index (χ0) is 20.9. The molecule has 29 heavy (non-hydrogen) atoms. The van der Waals surface area contributed by atoms with Gasteiger partial charge in [0.2, 0.25) is 0 Å². The Morgan fingerprint density at radius 3 is 2.07 bits per heavy atom. The number of hydrogen-bond acceptors (Lipinski definition) is 3. The number of nitrogens with zero attached hydrogens (tertiary/aromatic N) is 1. The summed E-state index contributed by atoms with van der Waals surface area (Å²) in [7, 11) is 0. The Bertz CT molecular complexity index is 773. The molecule has 2 rings (SSSR count). The molecule has 158 valence electrons. The first-order valence-corrected chi connectivity index (χ1v) is 11.3. The molecule has 0 saturated heterocycles. The molecule has 0 aliphatic rings. The molecule has 0 atom stereocenters. The molecule has 0 aliphatic heterocycles. The molecule has 0 heterocycles. The van der Waals surface area contributed by atoms with Crippen molar-refractivity contribution in [3.05, 3.63) is 64.2 Å². The van der Waals surface area contributed by atoms with Crippen molar-refractivity contribution < 1.29 is 10.3 Å². The highest BCUT2D eigenvalue weighted by atomic mass is 35.5. The van der Waals surface area contributed by atoms with Crippen LogP contribution in [-0.4, -0.2) is 16.0 Å². The maximum Gasteiger partial charge on any atom is 0.125 e. The van der Waals surface area contributed by atoms with Crippen LogP contribution in [0.15, 0.2) is 47.6 Å². The van der Waals surface area contributed by atoms with Crippen molar-refractivity contribution in [1.82, 2.24) is 0 Å². The summed E-state index contributed by atoms with van der Waals surface area (Å²) in [6.45, 7) is 2.26. The van der Waals surface area contributed by atoms with Gasteiger partial charge in [0.15, 0.2) is 0 Å². The maximum atomic E-state index is 10.3. The van der Waals surface area contributed by atoms with Crippen LogP contribution in [0.5, 0.6) is 5.75 Å². The number of unbranched alkanes of at least 4 members (excludes halogenated alkanes) is 9. The van der Waals surface area contributed by atoms with E-state index in [4.69, 9.17) is 11.6 Å². The van der Waals surface area contributed by atoms with Crippen molar-refractivity contribution in [2.45, 2.75) is 77.6 Å². The Labute approximate surface area is 180 Å². The van der Waals surface area contributed by atoms with E-state index in [1.54, 1.807) is 18.2 Å². The Kier molecular flexibility index (Phi) is 10.6. The highest BCUT2D eigenvalue weighted by Gasteiger charge is 2.15. The molecule has 0 bridgehead atoms. The van der Waals surface area contributed by atoms with Gasteiger partial charge in [-0.2, -0.15) is 0 Å². The second-order valence-corrected chi connectivity index (χ2v) is 8.12. The van der Waals surface area contributed by atoms with E-state index < -0.39 is 0 Å².